The Kier molecular flexibility index (Phi) is 5.42. The average molecular weight is 437 g/mol. The van der Waals surface area contributed by atoms with Gasteiger partial charge in [0.25, 0.3) is 5.91 Å². The van der Waals surface area contributed by atoms with E-state index in [0.717, 1.165) is 15.7 Å². The second kappa shape index (κ2) is 7.56. The molecule has 0 unspecified atom stereocenters. The first kappa shape index (κ1) is 17.9. The molecule has 0 aromatic heterocycles. The van der Waals surface area contributed by atoms with Gasteiger partial charge in [-0.3, -0.25) is 4.79 Å². The number of rotatable bonds is 3. The molecule has 1 aliphatic rings. The molecule has 2 aromatic carbocycles. The maximum atomic E-state index is 12.9. The van der Waals surface area contributed by atoms with Crippen molar-refractivity contribution < 1.29 is 4.79 Å². The van der Waals surface area contributed by atoms with E-state index in [4.69, 9.17) is 23.8 Å². The Morgan fingerprint density at radius 2 is 1.80 bits per heavy atom. The molecule has 128 valence electrons. The monoisotopic (exact) mass is 435 g/mol. The van der Waals surface area contributed by atoms with Crippen molar-refractivity contribution in [2.45, 2.75) is 13.0 Å². The molecule has 0 spiro atoms. The molecule has 0 fully saturated rings. The topological polar surface area (TPSA) is 53.2 Å². The van der Waals surface area contributed by atoms with Crippen molar-refractivity contribution >= 4 is 56.5 Å². The number of carbonyl (C=O) groups excluding carboxylic acids is 1. The van der Waals surface area contributed by atoms with Crippen molar-refractivity contribution in [1.29, 1.82) is 0 Å². The molecule has 1 atom stereocenters. The van der Waals surface area contributed by atoms with Crippen molar-refractivity contribution in [3.63, 3.8) is 0 Å². The molecule has 0 saturated carbocycles. The summed E-state index contributed by atoms with van der Waals surface area (Å²) in [5.41, 5.74) is 2.94. The van der Waals surface area contributed by atoms with Crippen molar-refractivity contribution in [2.24, 2.45) is 0 Å². The van der Waals surface area contributed by atoms with Gasteiger partial charge in [0.2, 0.25) is 0 Å². The minimum atomic E-state index is -0.325. The summed E-state index contributed by atoms with van der Waals surface area (Å²) in [5.74, 6) is -0.199. The van der Waals surface area contributed by atoms with Crippen LogP contribution in [0.4, 0.5) is 5.69 Å². The molecule has 0 aliphatic carbocycles. The summed E-state index contributed by atoms with van der Waals surface area (Å²) in [6.45, 7) is 1.84. The number of halogens is 2. The Morgan fingerprint density at radius 3 is 2.44 bits per heavy atom. The van der Waals surface area contributed by atoms with Crippen LogP contribution in [0.25, 0.3) is 0 Å². The van der Waals surface area contributed by atoms with Crippen molar-refractivity contribution in [3.8, 4) is 0 Å². The summed E-state index contributed by atoms with van der Waals surface area (Å²) < 4.78 is 0.973. The van der Waals surface area contributed by atoms with Crippen LogP contribution in [0.2, 0.25) is 5.02 Å². The second-order valence-electron chi connectivity index (χ2n) is 5.58. The molecule has 7 heteroatoms. The summed E-state index contributed by atoms with van der Waals surface area (Å²) in [6, 6.07) is 14.5. The highest BCUT2D eigenvalue weighted by Gasteiger charge is 2.29. The minimum Gasteiger partial charge on any atom is -0.351 e. The van der Waals surface area contributed by atoms with Gasteiger partial charge in [-0.1, -0.05) is 39.7 Å². The normalized spacial score (nSPS) is 16.9. The van der Waals surface area contributed by atoms with Crippen LogP contribution in [0.5, 0.6) is 0 Å². The van der Waals surface area contributed by atoms with Gasteiger partial charge < -0.3 is 16.0 Å². The van der Waals surface area contributed by atoms with Crippen LogP contribution in [0.15, 0.2) is 64.3 Å². The highest BCUT2D eigenvalue weighted by molar-refractivity contribution is 9.10. The Labute approximate surface area is 164 Å². The predicted molar refractivity (Wildman–Crippen MR) is 109 cm³/mol. The van der Waals surface area contributed by atoms with Gasteiger partial charge in [-0.05, 0) is 61.1 Å². The number of thiocarbonyl (C=S) groups is 1. The van der Waals surface area contributed by atoms with Crippen LogP contribution in [0.3, 0.4) is 0 Å². The number of hydrogen-bond acceptors (Lipinski definition) is 2. The summed E-state index contributed by atoms with van der Waals surface area (Å²) in [7, 11) is 0. The molecule has 0 radical (unpaired) electrons. The van der Waals surface area contributed by atoms with Crippen molar-refractivity contribution in [1.82, 2.24) is 10.6 Å². The molecule has 1 aliphatic heterocycles. The fourth-order valence-corrected chi connectivity index (χ4v) is 3.29. The molecule has 4 nitrogen and oxygen atoms in total. The first-order chi connectivity index (χ1) is 11.9. The molecule has 25 heavy (non-hydrogen) atoms. The van der Waals surface area contributed by atoms with Gasteiger partial charge in [-0.2, -0.15) is 0 Å². The van der Waals surface area contributed by atoms with Gasteiger partial charge in [0, 0.05) is 20.9 Å². The van der Waals surface area contributed by atoms with Crippen LogP contribution < -0.4 is 16.0 Å². The van der Waals surface area contributed by atoms with E-state index in [2.05, 4.69) is 31.9 Å². The third-order valence-corrected chi connectivity index (χ3v) is 4.82. The third kappa shape index (κ3) is 4.21. The number of benzene rings is 2. The number of carbonyl (C=O) groups is 1. The lowest BCUT2D eigenvalue weighted by molar-refractivity contribution is -0.113. The van der Waals surface area contributed by atoms with E-state index in [9.17, 15) is 4.79 Å². The average Bonchev–Trinajstić information content (AvgIpc) is 2.57. The summed E-state index contributed by atoms with van der Waals surface area (Å²) in [4.78, 5) is 12.9. The summed E-state index contributed by atoms with van der Waals surface area (Å²) in [5, 5.41) is 10.2. The minimum absolute atomic E-state index is 0.199. The van der Waals surface area contributed by atoms with Crippen LogP contribution in [0, 0.1) is 0 Å². The molecule has 1 heterocycles. The SMILES string of the molecule is CC1=C(C(=O)Nc2ccc(Cl)cc2)[C@@H](c2ccc(Br)cc2)NC(=S)N1. The van der Waals surface area contributed by atoms with Gasteiger partial charge >= 0.3 is 0 Å². The van der Waals surface area contributed by atoms with E-state index in [0.29, 0.717) is 21.4 Å². The largest absolute Gasteiger partial charge is 0.351 e. The molecule has 0 bridgehead atoms. The Balaban J connectivity index is 1.92. The van der Waals surface area contributed by atoms with E-state index in [1.165, 1.54) is 0 Å². The molecular weight excluding hydrogens is 422 g/mol. The Bertz CT molecular complexity index is 850. The lowest BCUT2D eigenvalue weighted by Crippen LogP contribution is -2.45. The standard InChI is InChI=1S/C18H15BrClN3OS/c1-10-15(17(24)22-14-8-6-13(20)7-9-14)16(23-18(25)21-10)11-2-4-12(19)5-3-11/h2-9,16H,1H3,(H,22,24)(H2,21,23,25)/t16-/m1/s1. The molecule has 3 N–H and O–H groups in total. The van der Waals surface area contributed by atoms with Gasteiger partial charge in [-0.25, -0.2) is 0 Å². The smallest absolute Gasteiger partial charge is 0.255 e. The van der Waals surface area contributed by atoms with E-state index in [1.54, 1.807) is 24.3 Å². The molecule has 0 saturated heterocycles. The number of amides is 1. The van der Waals surface area contributed by atoms with Crippen LogP contribution in [-0.2, 0) is 4.79 Å². The fraction of sp³-hybridized carbons (Fsp3) is 0.111. The zero-order chi connectivity index (χ0) is 18.0. The van der Waals surface area contributed by atoms with E-state index < -0.39 is 0 Å². The Hall–Kier alpha value is -1.89. The maximum absolute atomic E-state index is 12.9. The van der Waals surface area contributed by atoms with Crippen molar-refractivity contribution in [2.75, 3.05) is 5.32 Å². The van der Waals surface area contributed by atoms with Gasteiger partial charge in [0.15, 0.2) is 5.11 Å². The number of nitrogens with one attached hydrogen (secondary N) is 3. The lowest BCUT2D eigenvalue weighted by atomic mass is 9.95. The van der Waals surface area contributed by atoms with Gasteiger partial charge in [0.1, 0.15) is 0 Å². The van der Waals surface area contributed by atoms with E-state index >= 15 is 0 Å². The fourth-order valence-electron chi connectivity index (χ4n) is 2.63. The maximum Gasteiger partial charge on any atom is 0.255 e. The van der Waals surface area contributed by atoms with Crippen LogP contribution >= 0.6 is 39.7 Å². The predicted octanol–water partition coefficient (Wildman–Crippen LogP) is 4.53. The number of hydrogen-bond donors (Lipinski definition) is 3. The highest BCUT2D eigenvalue weighted by Crippen LogP contribution is 2.28. The summed E-state index contributed by atoms with van der Waals surface area (Å²) in [6.07, 6.45) is 0. The van der Waals surface area contributed by atoms with E-state index in [-0.39, 0.29) is 11.9 Å². The zero-order valence-corrected chi connectivity index (χ0v) is 16.4. The third-order valence-electron chi connectivity index (χ3n) is 3.82. The van der Waals surface area contributed by atoms with Gasteiger partial charge in [-0.15, -0.1) is 0 Å². The molecule has 3 rings (SSSR count). The first-order valence-electron chi connectivity index (χ1n) is 7.54. The van der Waals surface area contributed by atoms with Crippen LogP contribution in [0.1, 0.15) is 18.5 Å². The van der Waals surface area contributed by atoms with Gasteiger partial charge in [0.05, 0.1) is 11.6 Å². The number of allylic oxidation sites excluding steroid dienone is 1. The van der Waals surface area contributed by atoms with E-state index in [1.807, 2.05) is 31.2 Å². The highest BCUT2D eigenvalue weighted by atomic mass is 79.9. The van der Waals surface area contributed by atoms with Crippen LogP contribution in [-0.4, -0.2) is 11.0 Å². The second-order valence-corrected chi connectivity index (χ2v) is 7.34. The zero-order valence-electron chi connectivity index (χ0n) is 13.3. The van der Waals surface area contributed by atoms with Crippen molar-refractivity contribution in [3.05, 3.63) is 74.9 Å². The lowest BCUT2D eigenvalue weighted by Gasteiger charge is -2.30. The molecule has 2 aromatic rings. The first-order valence-corrected chi connectivity index (χ1v) is 9.12. The summed E-state index contributed by atoms with van der Waals surface area (Å²) >= 11 is 14.6. The molecule has 1 amide bonds. The molecular formula is C18H15BrClN3OS. The number of anilines is 1. The Morgan fingerprint density at radius 1 is 1.16 bits per heavy atom. The quantitative estimate of drug-likeness (QED) is 0.619.